The summed E-state index contributed by atoms with van der Waals surface area (Å²) < 4.78 is 27.1. The first kappa shape index (κ1) is 19.5. The molecule has 2 aromatic heterocycles. The largest absolute Gasteiger partial charge is 0.298 e. The Morgan fingerprint density at radius 3 is 2.59 bits per heavy atom. The van der Waals surface area contributed by atoms with Crippen LogP contribution in [0.2, 0.25) is 0 Å². The van der Waals surface area contributed by atoms with E-state index in [4.69, 9.17) is 0 Å². The van der Waals surface area contributed by atoms with Crippen molar-refractivity contribution in [2.24, 2.45) is 0 Å². The van der Waals surface area contributed by atoms with Crippen molar-refractivity contribution in [3.05, 3.63) is 81.7 Å². The van der Waals surface area contributed by atoms with E-state index in [9.17, 15) is 13.2 Å². The zero-order chi connectivity index (χ0) is 20.6. The molecule has 2 heterocycles. The van der Waals surface area contributed by atoms with Gasteiger partial charge in [0.2, 0.25) is 0 Å². The fourth-order valence-electron chi connectivity index (χ4n) is 3.33. The van der Waals surface area contributed by atoms with E-state index in [2.05, 4.69) is 4.98 Å². The molecule has 0 radical (unpaired) electrons. The van der Waals surface area contributed by atoms with Crippen molar-refractivity contribution in [3.8, 4) is 11.1 Å². The minimum Gasteiger partial charge on any atom is -0.298 e. The summed E-state index contributed by atoms with van der Waals surface area (Å²) in [6.45, 7) is 3.70. The van der Waals surface area contributed by atoms with E-state index in [1.54, 1.807) is 19.1 Å². The maximum atomic E-state index is 13.1. The third kappa shape index (κ3) is 3.75. The number of rotatable bonds is 5. The van der Waals surface area contributed by atoms with Crippen molar-refractivity contribution in [2.75, 3.05) is 5.75 Å². The first-order valence-electron chi connectivity index (χ1n) is 9.19. The molecule has 4 rings (SSSR count). The Labute approximate surface area is 173 Å². The molecule has 5 nitrogen and oxygen atoms in total. The van der Waals surface area contributed by atoms with Gasteiger partial charge in [0.25, 0.3) is 5.56 Å². The van der Waals surface area contributed by atoms with Crippen molar-refractivity contribution in [2.45, 2.75) is 25.3 Å². The molecule has 148 valence electrons. The van der Waals surface area contributed by atoms with Crippen LogP contribution in [0.4, 0.5) is 0 Å². The minimum absolute atomic E-state index is 0.0571. The summed E-state index contributed by atoms with van der Waals surface area (Å²) in [6.07, 6.45) is 1.44. The first-order chi connectivity index (χ1) is 13.9. The zero-order valence-electron chi connectivity index (χ0n) is 16.1. The van der Waals surface area contributed by atoms with E-state index < -0.39 is 9.84 Å². The molecule has 0 N–H and O–H groups in total. The lowest BCUT2D eigenvalue weighted by molar-refractivity contribution is 0.586. The molecule has 0 aliphatic rings. The molecule has 0 unspecified atom stereocenters. The Morgan fingerprint density at radius 1 is 1.07 bits per heavy atom. The average molecular weight is 425 g/mol. The van der Waals surface area contributed by atoms with Crippen LogP contribution in [0.25, 0.3) is 21.3 Å². The highest BCUT2D eigenvalue weighted by Crippen LogP contribution is 2.30. The molecule has 0 amide bonds. The molecule has 0 saturated heterocycles. The standard InChI is InChI=1S/C22H20N2O3S2/c1-15-8-9-16(2)19(12-15)29(26,27)11-10-24-14-23-21-20(22(24)25)18(13-28-21)17-6-4-3-5-7-17/h3-9,12-14H,10-11H2,1-2H3. The van der Waals surface area contributed by atoms with Crippen LogP contribution >= 0.6 is 11.3 Å². The molecule has 2 aromatic carbocycles. The number of nitrogens with zero attached hydrogens (tertiary/aromatic N) is 2. The maximum Gasteiger partial charge on any atom is 0.262 e. The van der Waals surface area contributed by atoms with Gasteiger partial charge in [0, 0.05) is 17.5 Å². The molecule has 0 saturated carbocycles. The van der Waals surface area contributed by atoms with Crippen LogP contribution in [-0.4, -0.2) is 23.7 Å². The quantitative estimate of drug-likeness (QED) is 0.481. The van der Waals surface area contributed by atoms with Gasteiger partial charge in [0.05, 0.1) is 22.4 Å². The number of hydrogen-bond acceptors (Lipinski definition) is 5. The zero-order valence-corrected chi connectivity index (χ0v) is 17.8. The van der Waals surface area contributed by atoms with E-state index in [-0.39, 0.29) is 17.9 Å². The number of aromatic nitrogens is 2. The summed E-state index contributed by atoms with van der Waals surface area (Å²) in [7, 11) is -3.52. The van der Waals surface area contributed by atoms with Crippen molar-refractivity contribution >= 4 is 31.4 Å². The topological polar surface area (TPSA) is 69.0 Å². The third-order valence-corrected chi connectivity index (χ3v) is 7.64. The Bertz CT molecular complexity index is 1350. The van der Waals surface area contributed by atoms with Crippen LogP contribution in [0.5, 0.6) is 0 Å². The average Bonchev–Trinajstić information content (AvgIpc) is 3.15. The Kier molecular flexibility index (Phi) is 5.10. The fraction of sp³-hybridized carbons (Fsp3) is 0.182. The first-order valence-corrected chi connectivity index (χ1v) is 11.7. The SMILES string of the molecule is Cc1ccc(C)c(S(=O)(=O)CCn2cnc3scc(-c4ccccc4)c3c2=O)c1. The molecule has 0 fully saturated rings. The van der Waals surface area contributed by atoms with Gasteiger partial charge in [-0.25, -0.2) is 13.4 Å². The van der Waals surface area contributed by atoms with Gasteiger partial charge in [-0.2, -0.15) is 0 Å². The lowest BCUT2D eigenvalue weighted by atomic mass is 10.1. The van der Waals surface area contributed by atoms with Gasteiger partial charge in [-0.1, -0.05) is 42.5 Å². The van der Waals surface area contributed by atoms with E-state index in [0.717, 1.165) is 16.7 Å². The Morgan fingerprint density at radius 2 is 1.83 bits per heavy atom. The lowest BCUT2D eigenvalue weighted by Crippen LogP contribution is -2.24. The highest BCUT2D eigenvalue weighted by atomic mass is 32.2. The van der Waals surface area contributed by atoms with Crippen molar-refractivity contribution in [1.29, 1.82) is 0 Å². The normalized spacial score (nSPS) is 11.8. The Balaban J connectivity index is 1.70. The predicted octanol–water partition coefficient (Wildman–Crippen LogP) is 4.22. The highest BCUT2D eigenvalue weighted by molar-refractivity contribution is 7.91. The van der Waals surface area contributed by atoms with Crippen molar-refractivity contribution in [3.63, 3.8) is 0 Å². The van der Waals surface area contributed by atoms with Crippen LogP contribution in [0.1, 0.15) is 11.1 Å². The summed E-state index contributed by atoms with van der Waals surface area (Å²) in [5, 5.41) is 2.46. The molecule has 7 heteroatoms. The molecule has 4 aromatic rings. The second kappa shape index (κ2) is 7.57. The number of benzene rings is 2. The van der Waals surface area contributed by atoms with E-state index in [0.29, 0.717) is 20.7 Å². The third-order valence-electron chi connectivity index (χ3n) is 4.93. The maximum absolute atomic E-state index is 13.1. The molecular formula is C22H20N2O3S2. The number of fused-ring (bicyclic) bond motifs is 1. The summed E-state index contributed by atoms with van der Waals surface area (Å²) in [4.78, 5) is 18.4. The summed E-state index contributed by atoms with van der Waals surface area (Å²) in [6, 6.07) is 15.0. The highest BCUT2D eigenvalue weighted by Gasteiger charge is 2.19. The summed E-state index contributed by atoms with van der Waals surface area (Å²) in [5.74, 6) is -0.158. The van der Waals surface area contributed by atoms with Gasteiger partial charge in [-0.05, 0) is 36.6 Å². The van der Waals surface area contributed by atoms with Crippen molar-refractivity contribution in [1.82, 2.24) is 9.55 Å². The molecular weight excluding hydrogens is 404 g/mol. The Hall–Kier alpha value is -2.77. The van der Waals surface area contributed by atoms with Crippen LogP contribution in [0.15, 0.2) is 69.9 Å². The molecule has 29 heavy (non-hydrogen) atoms. The number of hydrogen-bond donors (Lipinski definition) is 0. The van der Waals surface area contributed by atoms with Crippen LogP contribution in [0, 0.1) is 13.8 Å². The molecule has 0 spiro atoms. The second-order valence-electron chi connectivity index (χ2n) is 7.03. The second-order valence-corrected chi connectivity index (χ2v) is 9.96. The number of thiophene rings is 1. The van der Waals surface area contributed by atoms with Crippen LogP contribution in [-0.2, 0) is 16.4 Å². The molecule has 0 aliphatic carbocycles. The number of sulfone groups is 1. The van der Waals surface area contributed by atoms with E-state index >= 15 is 0 Å². The molecule has 0 bridgehead atoms. The fourth-order valence-corrected chi connectivity index (χ4v) is 5.82. The minimum atomic E-state index is -3.52. The summed E-state index contributed by atoms with van der Waals surface area (Å²) in [5.41, 5.74) is 3.15. The van der Waals surface area contributed by atoms with Gasteiger partial charge >= 0.3 is 0 Å². The monoisotopic (exact) mass is 424 g/mol. The molecule has 0 aliphatic heterocycles. The van der Waals surface area contributed by atoms with Gasteiger partial charge in [0.15, 0.2) is 9.84 Å². The lowest BCUT2D eigenvalue weighted by Gasteiger charge is -2.10. The van der Waals surface area contributed by atoms with E-state index in [1.807, 2.05) is 48.7 Å². The van der Waals surface area contributed by atoms with Crippen molar-refractivity contribution < 1.29 is 8.42 Å². The summed E-state index contributed by atoms with van der Waals surface area (Å²) >= 11 is 1.41. The molecule has 0 atom stereocenters. The van der Waals surface area contributed by atoms with Gasteiger partial charge < -0.3 is 0 Å². The number of aryl methyl sites for hydroxylation is 3. The smallest absolute Gasteiger partial charge is 0.262 e. The van der Waals surface area contributed by atoms with Crippen LogP contribution < -0.4 is 5.56 Å². The predicted molar refractivity (Wildman–Crippen MR) is 117 cm³/mol. The van der Waals surface area contributed by atoms with Gasteiger partial charge in [-0.15, -0.1) is 11.3 Å². The van der Waals surface area contributed by atoms with Crippen LogP contribution in [0.3, 0.4) is 0 Å². The van der Waals surface area contributed by atoms with E-state index in [1.165, 1.54) is 22.2 Å². The van der Waals surface area contributed by atoms with Gasteiger partial charge in [-0.3, -0.25) is 9.36 Å². The van der Waals surface area contributed by atoms with Gasteiger partial charge in [0.1, 0.15) is 4.83 Å².